The third-order valence-electron chi connectivity index (χ3n) is 10.5. The predicted molar refractivity (Wildman–Crippen MR) is 136 cm³/mol. The summed E-state index contributed by atoms with van der Waals surface area (Å²) in [6.45, 7) is 14.3. The summed E-state index contributed by atoms with van der Waals surface area (Å²) in [4.78, 5) is 24.4. The predicted octanol–water partition coefficient (Wildman–Crippen LogP) is 4.57. The number of aliphatic hydroxyl groups is 2. The molecule has 0 spiro atoms. The lowest BCUT2D eigenvalue weighted by Gasteiger charge is -2.52. The molecule has 36 heavy (non-hydrogen) atoms. The van der Waals surface area contributed by atoms with Crippen LogP contribution in [-0.4, -0.2) is 45.1 Å². The Hall–Kier alpha value is -2.18. The van der Waals surface area contributed by atoms with Gasteiger partial charge in [-0.2, -0.15) is 0 Å². The van der Waals surface area contributed by atoms with Gasteiger partial charge in [-0.1, -0.05) is 32.6 Å². The number of allylic oxidation sites excluding steroid dienone is 1. The van der Waals surface area contributed by atoms with E-state index in [0.717, 1.165) is 30.4 Å². The minimum absolute atomic E-state index is 0.00373. The first-order valence-corrected chi connectivity index (χ1v) is 13.4. The Labute approximate surface area is 214 Å². The van der Waals surface area contributed by atoms with Crippen LogP contribution < -0.4 is 0 Å². The van der Waals surface area contributed by atoms with Gasteiger partial charge in [-0.25, -0.2) is 9.59 Å². The lowest BCUT2D eigenvalue weighted by molar-refractivity contribution is -0.156. The van der Waals surface area contributed by atoms with Crippen LogP contribution in [-0.2, 0) is 19.1 Å². The normalized spacial score (nSPS) is 44.6. The van der Waals surface area contributed by atoms with E-state index in [2.05, 4.69) is 13.5 Å². The van der Waals surface area contributed by atoms with Crippen LogP contribution in [0.25, 0.3) is 0 Å². The lowest BCUT2D eigenvalue weighted by Crippen LogP contribution is -2.53. The molecule has 6 nitrogen and oxygen atoms in total. The molecule has 0 aromatic heterocycles. The third-order valence-corrected chi connectivity index (χ3v) is 10.5. The standard InChI is InChI=1S/C30H40O6/c1-17-7-10-23(35-26(17)32)19(3)30(34)14-13-28(6)22(18(30)2)16-29(33)15-20-8-12-25(31)36-27(4,5)21(20)9-11-24(28)29/h7-8,12,15,19,21-24,33-34H,2,9-11,13-14,16H2,1,3-6H3/t19-,21-,22+,23-,24+,28-,29-,30+/m1/s1. The molecule has 6 heteroatoms. The van der Waals surface area contributed by atoms with Crippen LogP contribution in [0.5, 0.6) is 0 Å². The zero-order valence-electron chi connectivity index (χ0n) is 22.2. The van der Waals surface area contributed by atoms with E-state index in [-0.39, 0.29) is 41.0 Å². The fourth-order valence-electron chi connectivity index (χ4n) is 8.17. The number of carbonyl (C=O) groups excluding carboxylic acids is 2. The fourth-order valence-corrected chi connectivity index (χ4v) is 8.17. The van der Waals surface area contributed by atoms with Crippen LogP contribution in [0.3, 0.4) is 0 Å². The van der Waals surface area contributed by atoms with Gasteiger partial charge in [0.1, 0.15) is 11.7 Å². The smallest absolute Gasteiger partial charge is 0.333 e. The highest BCUT2D eigenvalue weighted by atomic mass is 16.6. The maximum Gasteiger partial charge on any atom is 0.333 e. The molecule has 3 aliphatic carbocycles. The van der Waals surface area contributed by atoms with Crippen molar-refractivity contribution in [3.8, 4) is 0 Å². The first kappa shape index (κ1) is 25.5. The van der Waals surface area contributed by atoms with E-state index in [0.29, 0.717) is 24.8 Å². The molecule has 0 aromatic rings. The summed E-state index contributed by atoms with van der Waals surface area (Å²) in [5, 5.41) is 24.2. The highest BCUT2D eigenvalue weighted by molar-refractivity contribution is 5.88. The van der Waals surface area contributed by atoms with Crippen LogP contribution in [0.2, 0.25) is 0 Å². The van der Waals surface area contributed by atoms with Crippen molar-refractivity contribution in [1.82, 2.24) is 0 Å². The van der Waals surface area contributed by atoms with Crippen LogP contribution in [0.4, 0.5) is 0 Å². The van der Waals surface area contributed by atoms with Crippen molar-refractivity contribution in [2.75, 3.05) is 0 Å². The Balaban J connectivity index is 1.47. The summed E-state index contributed by atoms with van der Waals surface area (Å²) in [5.41, 5.74) is -0.810. The van der Waals surface area contributed by atoms with Crippen molar-refractivity contribution in [2.24, 2.45) is 29.1 Å². The molecule has 2 N–H and O–H groups in total. The van der Waals surface area contributed by atoms with E-state index >= 15 is 0 Å². The summed E-state index contributed by atoms with van der Waals surface area (Å²) in [5.74, 6) is -1.04. The second-order valence-corrected chi connectivity index (χ2v) is 12.7. The molecule has 0 radical (unpaired) electrons. The molecule has 2 heterocycles. The van der Waals surface area contributed by atoms with Crippen LogP contribution in [0.15, 0.2) is 47.6 Å². The fraction of sp³-hybridized carbons (Fsp3) is 0.667. The molecule has 2 fully saturated rings. The van der Waals surface area contributed by atoms with E-state index in [1.165, 1.54) is 6.08 Å². The topological polar surface area (TPSA) is 93.1 Å². The minimum Gasteiger partial charge on any atom is -0.458 e. The zero-order chi connectivity index (χ0) is 26.3. The number of hydrogen-bond acceptors (Lipinski definition) is 6. The molecule has 196 valence electrons. The lowest BCUT2D eigenvalue weighted by atomic mass is 9.55. The zero-order valence-corrected chi connectivity index (χ0v) is 22.2. The molecule has 5 rings (SSSR count). The number of cyclic esters (lactones) is 2. The minimum atomic E-state index is -1.17. The summed E-state index contributed by atoms with van der Waals surface area (Å²) in [6.07, 6.45) is 10.7. The Morgan fingerprint density at radius 1 is 1.08 bits per heavy atom. The SMILES string of the molecule is C=C1[C@@H]2C[C@]3(O)C=C4C=CC(=O)OC(C)(C)[C@@H]4CC[C@H]3[C@]2(C)CC[C@@]1(O)[C@H](C)[C@H]1CC=C(C)C(=O)O1. The summed E-state index contributed by atoms with van der Waals surface area (Å²) < 4.78 is 11.4. The average Bonchev–Trinajstić information content (AvgIpc) is 2.89. The van der Waals surface area contributed by atoms with E-state index in [9.17, 15) is 19.8 Å². The molecule has 2 saturated carbocycles. The average molecular weight is 497 g/mol. The highest BCUT2D eigenvalue weighted by Gasteiger charge is 2.65. The van der Waals surface area contributed by atoms with Crippen LogP contribution in [0, 0.1) is 29.1 Å². The molecule has 0 unspecified atom stereocenters. The molecule has 0 bridgehead atoms. The Bertz CT molecular complexity index is 1100. The Morgan fingerprint density at radius 2 is 1.81 bits per heavy atom. The second-order valence-electron chi connectivity index (χ2n) is 12.7. The van der Waals surface area contributed by atoms with Crippen molar-refractivity contribution in [2.45, 2.75) is 96.1 Å². The van der Waals surface area contributed by atoms with Gasteiger partial charge < -0.3 is 19.7 Å². The summed E-state index contributed by atoms with van der Waals surface area (Å²) in [7, 11) is 0. The highest BCUT2D eigenvalue weighted by Crippen LogP contribution is 2.66. The van der Waals surface area contributed by atoms with Gasteiger partial charge in [0.2, 0.25) is 0 Å². The molecule has 0 saturated heterocycles. The molecule has 2 aliphatic heterocycles. The number of ether oxygens (including phenoxy) is 2. The van der Waals surface area contributed by atoms with E-state index < -0.39 is 22.9 Å². The quantitative estimate of drug-likeness (QED) is 0.430. The largest absolute Gasteiger partial charge is 0.458 e. The third kappa shape index (κ3) is 3.66. The number of esters is 2. The van der Waals surface area contributed by atoms with Gasteiger partial charge in [0.05, 0.1) is 11.2 Å². The monoisotopic (exact) mass is 496 g/mol. The number of carbonyl (C=O) groups is 2. The molecule has 0 aromatic carbocycles. The van der Waals surface area contributed by atoms with Crippen LogP contribution in [0.1, 0.15) is 73.1 Å². The molecular formula is C30H40O6. The van der Waals surface area contributed by atoms with Crippen molar-refractivity contribution >= 4 is 11.9 Å². The van der Waals surface area contributed by atoms with Crippen molar-refractivity contribution in [3.05, 3.63) is 47.6 Å². The van der Waals surface area contributed by atoms with Gasteiger partial charge in [0, 0.05) is 29.9 Å². The Morgan fingerprint density at radius 3 is 2.50 bits per heavy atom. The second kappa shape index (κ2) is 8.16. The van der Waals surface area contributed by atoms with E-state index in [1.54, 1.807) is 6.92 Å². The van der Waals surface area contributed by atoms with Gasteiger partial charge in [-0.05, 0) is 87.3 Å². The van der Waals surface area contributed by atoms with Gasteiger partial charge in [-0.15, -0.1) is 0 Å². The van der Waals surface area contributed by atoms with E-state index in [1.807, 2.05) is 39.0 Å². The molecular weight excluding hydrogens is 456 g/mol. The maximum absolute atomic E-state index is 12.2. The maximum atomic E-state index is 12.2. The Kier molecular flexibility index (Phi) is 5.77. The molecule has 0 amide bonds. The first-order valence-electron chi connectivity index (χ1n) is 13.4. The van der Waals surface area contributed by atoms with Crippen LogP contribution >= 0.6 is 0 Å². The van der Waals surface area contributed by atoms with Crippen molar-refractivity contribution in [1.29, 1.82) is 0 Å². The van der Waals surface area contributed by atoms with Gasteiger partial charge >= 0.3 is 11.9 Å². The molecule has 8 atom stereocenters. The van der Waals surface area contributed by atoms with Gasteiger partial charge in [0.25, 0.3) is 0 Å². The van der Waals surface area contributed by atoms with E-state index in [4.69, 9.17) is 9.47 Å². The number of rotatable bonds is 2. The number of fused-ring (bicyclic) bond motifs is 4. The summed E-state index contributed by atoms with van der Waals surface area (Å²) in [6, 6.07) is 0. The van der Waals surface area contributed by atoms with Crippen molar-refractivity contribution in [3.63, 3.8) is 0 Å². The molecule has 5 aliphatic rings. The van der Waals surface area contributed by atoms with Gasteiger partial charge in [-0.3, -0.25) is 0 Å². The van der Waals surface area contributed by atoms with Gasteiger partial charge in [0.15, 0.2) is 0 Å². The number of hydrogen-bond donors (Lipinski definition) is 2. The summed E-state index contributed by atoms with van der Waals surface area (Å²) >= 11 is 0. The first-order chi connectivity index (χ1) is 16.7. The van der Waals surface area contributed by atoms with Crippen molar-refractivity contribution < 1.29 is 29.3 Å².